The van der Waals surface area contributed by atoms with E-state index in [1.807, 2.05) is 12.1 Å². The van der Waals surface area contributed by atoms with Crippen molar-refractivity contribution >= 4 is 30.9 Å². The first-order chi connectivity index (χ1) is 12.3. The third-order valence-corrected chi connectivity index (χ3v) is 7.79. The highest BCUT2D eigenvalue weighted by molar-refractivity contribution is 7.92. The van der Waals surface area contributed by atoms with Gasteiger partial charge in [0.15, 0.2) is 9.84 Å². The van der Waals surface area contributed by atoms with Crippen LogP contribution in [0.3, 0.4) is 0 Å². The Balaban J connectivity index is 1.60. The molecular weight excluding hydrogens is 374 g/mol. The Morgan fingerprint density at radius 3 is 2.58 bits per heavy atom. The quantitative estimate of drug-likeness (QED) is 0.703. The van der Waals surface area contributed by atoms with Crippen molar-refractivity contribution in [1.82, 2.24) is 14.7 Å². The molecule has 0 spiro atoms. The van der Waals surface area contributed by atoms with E-state index in [4.69, 9.17) is 0 Å². The third kappa shape index (κ3) is 3.25. The van der Waals surface area contributed by atoms with Crippen LogP contribution in [0.2, 0.25) is 0 Å². The number of pyridine rings is 1. The van der Waals surface area contributed by atoms with E-state index in [1.165, 1.54) is 12.1 Å². The number of benzene rings is 1. The summed E-state index contributed by atoms with van der Waals surface area (Å²) in [5.74, 6) is -0.124. The number of aromatic nitrogens is 2. The van der Waals surface area contributed by atoms with Gasteiger partial charge in [0.25, 0.3) is 0 Å². The van der Waals surface area contributed by atoms with Gasteiger partial charge in [0.1, 0.15) is 5.65 Å². The second-order valence-electron chi connectivity index (χ2n) is 6.34. The van der Waals surface area contributed by atoms with Crippen LogP contribution in [0, 0.1) is 0 Å². The van der Waals surface area contributed by atoms with Gasteiger partial charge in [-0.15, -0.1) is 0 Å². The van der Waals surface area contributed by atoms with Gasteiger partial charge in [0.05, 0.1) is 16.4 Å². The largest absolute Gasteiger partial charge is 0.346 e. The molecule has 26 heavy (non-hydrogen) atoms. The van der Waals surface area contributed by atoms with Gasteiger partial charge in [-0.05, 0) is 41.8 Å². The molecule has 1 saturated heterocycles. The highest BCUT2D eigenvalue weighted by Gasteiger charge is 2.31. The molecule has 136 valence electrons. The molecule has 4 rings (SSSR count). The maximum Gasteiger partial charge on any atom is 0.240 e. The SMILES string of the molecule is O=S1(=O)CCC(NS(=O)(=O)c2ccc(-c3ccnc4[nH]ccc34)cc2)C1. The fraction of sp³-hybridized carbons (Fsp3) is 0.235. The Bertz CT molecular complexity index is 1170. The van der Waals surface area contributed by atoms with E-state index in [0.717, 1.165) is 22.2 Å². The Labute approximate surface area is 151 Å². The first-order valence-electron chi connectivity index (χ1n) is 8.09. The summed E-state index contributed by atoms with van der Waals surface area (Å²) in [5.41, 5.74) is 2.60. The molecular formula is C17H17N3O4S2. The number of sulfone groups is 1. The molecule has 0 radical (unpaired) electrons. The molecule has 3 aromatic rings. The number of nitrogens with one attached hydrogen (secondary N) is 2. The fourth-order valence-corrected chi connectivity index (χ4v) is 6.25. The minimum Gasteiger partial charge on any atom is -0.346 e. The average molecular weight is 391 g/mol. The van der Waals surface area contributed by atoms with E-state index in [2.05, 4.69) is 14.7 Å². The summed E-state index contributed by atoms with van der Waals surface area (Å²) >= 11 is 0. The van der Waals surface area contributed by atoms with Gasteiger partial charge < -0.3 is 4.98 Å². The number of fused-ring (bicyclic) bond motifs is 1. The van der Waals surface area contributed by atoms with Crippen LogP contribution >= 0.6 is 0 Å². The highest BCUT2D eigenvalue weighted by atomic mass is 32.2. The molecule has 3 heterocycles. The molecule has 1 fully saturated rings. The van der Waals surface area contributed by atoms with Gasteiger partial charge in [-0.3, -0.25) is 0 Å². The third-order valence-electron chi connectivity index (χ3n) is 4.49. The van der Waals surface area contributed by atoms with Gasteiger partial charge in [-0.25, -0.2) is 26.5 Å². The molecule has 0 amide bonds. The molecule has 1 aliphatic rings. The topological polar surface area (TPSA) is 109 Å². The van der Waals surface area contributed by atoms with Crippen LogP contribution in [0.1, 0.15) is 6.42 Å². The number of sulfonamides is 1. The maximum absolute atomic E-state index is 12.5. The molecule has 2 N–H and O–H groups in total. The molecule has 1 aromatic carbocycles. The van der Waals surface area contributed by atoms with Crippen molar-refractivity contribution in [1.29, 1.82) is 0 Å². The number of nitrogens with zero attached hydrogens (tertiary/aromatic N) is 1. The zero-order chi connectivity index (χ0) is 18.4. The van der Waals surface area contributed by atoms with E-state index in [1.54, 1.807) is 24.5 Å². The molecule has 0 saturated carbocycles. The summed E-state index contributed by atoms with van der Waals surface area (Å²) < 4.78 is 50.5. The first kappa shape index (κ1) is 17.2. The Hall–Kier alpha value is -2.23. The molecule has 1 aliphatic heterocycles. The van der Waals surface area contributed by atoms with Gasteiger partial charge >= 0.3 is 0 Å². The molecule has 1 unspecified atom stereocenters. The predicted molar refractivity (Wildman–Crippen MR) is 98.9 cm³/mol. The minimum absolute atomic E-state index is 0.0217. The smallest absolute Gasteiger partial charge is 0.240 e. The lowest BCUT2D eigenvalue weighted by atomic mass is 10.0. The van der Waals surface area contributed by atoms with Gasteiger partial charge in [0.2, 0.25) is 10.0 Å². The van der Waals surface area contributed by atoms with Crippen molar-refractivity contribution in [3.63, 3.8) is 0 Å². The zero-order valence-electron chi connectivity index (χ0n) is 13.7. The van der Waals surface area contributed by atoms with Crippen LogP contribution < -0.4 is 4.72 Å². The molecule has 2 aromatic heterocycles. The zero-order valence-corrected chi connectivity index (χ0v) is 15.3. The monoisotopic (exact) mass is 391 g/mol. The Morgan fingerprint density at radius 2 is 1.88 bits per heavy atom. The van der Waals surface area contributed by atoms with Crippen molar-refractivity contribution in [3.8, 4) is 11.1 Å². The van der Waals surface area contributed by atoms with Crippen molar-refractivity contribution in [2.45, 2.75) is 17.4 Å². The molecule has 7 nitrogen and oxygen atoms in total. The summed E-state index contributed by atoms with van der Waals surface area (Å²) in [4.78, 5) is 7.40. The minimum atomic E-state index is -3.76. The normalized spacial score (nSPS) is 19.8. The van der Waals surface area contributed by atoms with E-state index in [9.17, 15) is 16.8 Å². The second-order valence-corrected chi connectivity index (χ2v) is 10.3. The number of aromatic amines is 1. The van der Waals surface area contributed by atoms with E-state index in [-0.39, 0.29) is 16.4 Å². The molecule has 0 aliphatic carbocycles. The predicted octanol–water partition coefficient (Wildman–Crippen LogP) is 1.70. The van der Waals surface area contributed by atoms with Crippen LogP contribution in [0.15, 0.2) is 53.7 Å². The van der Waals surface area contributed by atoms with E-state index < -0.39 is 25.9 Å². The summed E-state index contributed by atoms with van der Waals surface area (Å²) in [6, 6.07) is 9.76. The maximum atomic E-state index is 12.5. The van der Waals surface area contributed by atoms with Crippen LogP contribution in [-0.2, 0) is 19.9 Å². The summed E-state index contributed by atoms with van der Waals surface area (Å²) in [7, 11) is -6.90. The van der Waals surface area contributed by atoms with Crippen LogP contribution in [-0.4, -0.2) is 44.4 Å². The summed E-state index contributed by atoms with van der Waals surface area (Å²) in [6.45, 7) is 0. The van der Waals surface area contributed by atoms with Crippen molar-refractivity contribution < 1.29 is 16.8 Å². The lowest BCUT2D eigenvalue weighted by Gasteiger charge is -2.12. The molecule has 1 atom stereocenters. The summed E-state index contributed by atoms with van der Waals surface area (Å²) in [5, 5.41) is 0.956. The van der Waals surface area contributed by atoms with Crippen LogP contribution in [0.4, 0.5) is 0 Å². The Morgan fingerprint density at radius 1 is 1.12 bits per heavy atom. The first-order valence-corrected chi connectivity index (χ1v) is 11.4. The van der Waals surface area contributed by atoms with E-state index in [0.29, 0.717) is 6.42 Å². The van der Waals surface area contributed by atoms with Crippen molar-refractivity contribution in [2.75, 3.05) is 11.5 Å². The standard InChI is InChI=1S/C17H17N3O4S2/c21-25(22)10-7-13(11-25)20-26(23,24)14-3-1-12(2-4-14)15-5-8-18-17-16(15)6-9-19-17/h1-6,8-9,13,20H,7,10-11H2,(H,18,19). The van der Waals surface area contributed by atoms with Gasteiger partial charge in [-0.2, -0.15) is 0 Å². The van der Waals surface area contributed by atoms with Gasteiger partial charge in [-0.1, -0.05) is 12.1 Å². The van der Waals surface area contributed by atoms with Crippen molar-refractivity contribution in [3.05, 3.63) is 48.8 Å². The fourth-order valence-electron chi connectivity index (χ4n) is 3.20. The number of H-pyrrole nitrogens is 1. The van der Waals surface area contributed by atoms with E-state index >= 15 is 0 Å². The number of hydrogen-bond acceptors (Lipinski definition) is 5. The number of hydrogen-bond donors (Lipinski definition) is 2. The van der Waals surface area contributed by atoms with Crippen LogP contribution in [0.25, 0.3) is 22.2 Å². The lowest BCUT2D eigenvalue weighted by molar-refractivity contribution is 0.562. The Kier molecular flexibility index (Phi) is 4.09. The van der Waals surface area contributed by atoms with Crippen molar-refractivity contribution in [2.24, 2.45) is 0 Å². The summed E-state index contributed by atoms with van der Waals surface area (Å²) in [6.07, 6.45) is 3.81. The molecule has 9 heteroatoms. The average Bonchev–Trinajstić information content (AvgIpc) is 3.20. The molecule has 0 bridgehead atoms. The van der Waals surface area contributed by atoms with Crippen LogP contribution in [0.5, 0.6) is 0 Å². The van der Waals surface area contributed by atoms with Gasteiger partial charge in [0, 0.05) is 23.8 Å². The lowest BCUT2D eigenvalue weighted by Crippen LogP contribution is -2.35. The second kappa shape index (κ2) is 6.19. The highest BCUT2D eigenvalue weighted by Crippen LogP contribution is 2.28. The number of rotatable bonds is 4.